The molecule has 4 heteroatoms. The number of hydrogen-bond donors (Lipinski definition) is 1. The molecule has 0 amide bonds. The van der Waals surface area contributed by atoms with Gasteiger partial charge in [-0.25, -0.2) is 0 Å². The second kappa shape index (κ2) is 4.90. The molecule has 0 saturated heterocycles. The molecule has 2 rings (SSSR count). The van der Waals surface area contributed by atoms with Crippen LogP contribution in [-0.4, -0.2) is 31.8 Å². The van der Waals surface area contributed by atoms with Gasteiger partial charge in [-0.3, -0.25) is 0 Å². The summed E-state index contributed by atoms with van der Waals surface area (Å²) >= 11 is 0. The minimum atomic E-state index is 0.531. The van der Waals surface area contributed by atoms with Crippen molar-refractivity contribution in [3.8, 4) is 5.75 Å². The summed E-state index contributed by atoms with van der Waals surface area (Å²) in [6.07, 6.45) is 1.77. The summed E-state index contributed by atoms with van der Waals surface area (Å²) in [5.41, 5.74) is 7.58. The van der Waals surface area contributed by atoms with Crippen molar-refractivity contribution in [2.75, 3.05) is 26.9 Å². The average Bonchev–Trinajstić information content (AvgIpc) is 2.74. The molecule has 1 heterocycles. The number of benzene rings is 1. The number of ether oxygens (including phenoxy) is 2. The second-order valence-electron chi connectivity index (χ2n) is 3.66. The summed E-state index contributed by atoms with van der Waals surface area (Å²) in [5, 5.41) is 0. The van der Waals surface area contributed by atoms with Gasteiger partial charge >= 0.3 is 0 Å². The minimum Gasteiger partial charge on any atom is -0.492 e. The van der Waals surface area contributed by atoms with E-state index in [1.54, 1.807) is 6.26 Å². The Morgan fingerprint density at radius 2 is 2.12 bits per heavy atom. The molecular weight excluding hydrogens is 204 g/mol. The van der Waals surface area contributed by atoms with Crippen molar-refractivity contribution in [3.63, 3.8) is 0 Å². The van der Waals surface area contributed by atoms with Gasteiger partial charge < -0.3 is 20.1 Å². The highest BCUT2D eigenvalue weighted by atomic mass is 16.5. The zero-order valence-electron chi connectivity index (χ0n) is 9.35. The summed E-state index contributed by atoms with van der Waals surface area (Å²) in [5.74, 6) is 0.844. The molecule has 0 bridgehead atoms. The van der Waals surface area contributed by atoms with Crippen molar-refractivity contribution in [1.82, 2.24) is 4.90 Å². The van der Waals surface area contributed by atoms with E-state index in [2.05, 4.69) is 4.90 Å². The van der Waals surface area contributed by atoms with E-state index in [1.807, 2.05) is 31.3 Å². The number of rotatable bonds is 4. The van der Waals surface area contributed by atoms with Crippen LogP contribution in [0.4, 0.5) is 0 Å². The lowest BCUT2D eigenvalue weighted by atomic mass is 10.1. The van der Waals surface area contributed by atoms with Crippen molar-refractivity contribution < 1.29 is 9.47 Å². The molecule has 0 fully saturated rings. The van der Waals surface area contributed by atoms with Crippen molar-refractivity contribution in [2.45, 2.75) is 0 Å². The van der Waals surface area contributed by atoms with Gasteiger partial charge in [0, 0.05) is 19.2 Å². The Labute approximate surface area is 95.3 Å². The van der Waals surface area contributed by atoms with Crippen LogP contribution in [0.2, 0.25) is 0 Å². The van der Waals surface area contributed by atoms with E-state index >= 15 is 0 Å². The average molecular weight is 220 g/mol. The fourth-order valence-electron chi connectivity index (χ4n) is 1.57. The van der Waals surface area contributed by atoms with E-state index in [1.165, 1.54) is 0 Å². The fraction of sp³-hybridized carbons (Fsp3) is 0.333. The zero-order chi connectivity index (χ0) is 11.4. The van der Waals surface area contributed by atoms with Crippen LogP contribution in [0.5, 0.6) is 5.75 Å². The van der Waals surface area contributed by atoms with Gasteiger partial charge in [-0.2, -0.15) is 0 Å². The highest BCUT2D eigenvalue weighted by Crippen LogP contribution is 2.24. The van der Waals surface area contributed by atoms with E-state index in [0.717, 1.165) is 17.0 Å². The van der Waals surface area contributed by atoms with Crippen LogP contribution in [0.3, 0.4) is 0 Å². The van der Waals surface area contributed by atoms with Crippen LogP contribution in [0.25, 0.3) is 5.70 Å². The maximum atomic E-state index is 5.41. The van der Waals surface area contributed by atoms with E-state index in [0.29, 0.717) is 19.9 Å². The lowest BCUT2D eigenvalue weighted by Crippen LogP contribution is -2.12. The number of nitrogens with zero attached hydrogens (tertiary/aromatic N) is 1. The Morgan fingerprint density at radius 1 is 1.38 bits per heavy atom. The lowest BCUT2D eigenvalue weighted by molar-refractivity contribution is 0.194. The van der Waals surface area contributed by atoms with Gasteiger partial charge in [0.2, 0.25) is 0 Å². The predicted molar refractivity (Wildman–Crippen MR) is 62.7 cm³/mol. The maximum absolute atomic E-state index is 5.41. The molecule has 0 unspecified atom stereocenters. The summed E-state index contributed by atoms with van der Waals surface area (Å²) < 4.78 is 10.6. The van der Waals surface area contributed by atoms with Gasteiger partial charge in [-0.05, 0) is 24.3 Å². The predicted octanol–water partition coefficient (Wildman–Crippen LogP) is 1.24. The normalized spacial score (nSPS) is 14.6. The van der Waals surface area contributed by atoms with Gasteiger partial charge in [0.15, 0.2) is 6.73 Å². The smallest absolute Gasteiger partial charge is 0.160 e. The molecule has 1 aliphatic heterocycles. The molecule has 0 aliphatic carbocycles. The Hall–Kier alpha value is -1.68. The SMILES string of the molecule is CN1COC=C1c1ccc(OCCN)cc1. The molecule has 16 heavy (non-hydrogen) atoms. The third-order valence-corrected chi connectivity index (χ3v) is 2.41. The third kappa shape index (κ3) is 2.28. The van der Waals surface area contributed by atoms with Crippen LogP contribution in [-0.2, 0) is 4.74 Å². The molecule has 1 aromatic carbocycles. The summed E-state index contributed by atoms with van der Waals surface area (Å²) in [7, 11) is 2.00. The van der Waals surface area contributed by atoms with Crippen molar-refractivity contribution >= 4 is 5.70 Å². The standard InChI is InChI=1S/C12H16N2O2/c1-14-9-15-8-12(14)10-2-4-11(5-3-10)16-7-6-13/h2-5,8H,6-7,9,13H2,1H3. The summed E-state index contributed by atoms with van der Waals surface area (Å²) in [4.78, 5) is 2.05. The molecule has 1 aliphatic rings. The lowest BCUT2D eigenvalue weighted by Gasteiger charge is -2.13. The quantitative estimate of drug-likeness (QED) is 0.829. The van der Waals surface area contributed by atoms with Gasteiger partial charge in [-0.1, -0.05) is 0 Å². The molecule has 4 nitrogen and oxygen atoms in total. The summed E-state index contributed by atoms with van der Waals surface area (Å²) in [6, 6.07) is 7.92. The van der Waals surface area contributed by atoms with Crippen LogP contribution in [0.15, 0.2) is 30.5 Å². The maximum Gasteiger partial charge on any atom is 0.160 e. The molecular formula is C12H16N2O2. The molecule has 0 atom stereocenters. The molecule has 0 aromatic heterocycles. The molecule has 86 valence electrons. The van der Waals surface area contributed by atoms with Gasteiger partial charge in [0.25, 0.3) is 0 Å². The highest BCUT2D eigenvalue weighted by Gasteiger charge is 2.13. The van der Waals surface area contributed by atoms with E-state index in [9.17, 15) is 0 Å². The van der Waals surface area contributed by atoms with Gasteiger partial charge in [0.1, 0.15) is 18.6 Å². The van der Waals surface area contributed by atoms with Crippen LogP contribution >= 0.6 is 0 Å². The van der Waals surface area contributed by atoms with Crippen LogP contribution in [0, 0.1) is 0 Å². The highest BCUT2D eigenvalue weighted by molar-refractivity contribution is 5.64. The molecule has 0 saturated carbocycles. The van der Waals surface area contributed by atoms with E-state index in [4.69, 9.17) is 15.2 Å². The van der Waals surface area contributed by atoms with Crippen LogP contribution < -0.4 is 10.5 Å². The first-order chi connectivity index (χ1) is 7.81. The number of nitrogens with two attached hydrogens (primary N) is 1. The largest absolute Gasteiger partial charge is 0.492 e. The van der Waals surface area contributed by atoms with Crippen molar-refractivity contribution in [1.29, 1.82) is 0 Å². The van der Waals surface area contributed by atoms with Crippen LogP contribution in [0.1, 0.15) is 5.56 Å². The van der Waals surface area contributed by atoms with Gasteiger partial charge in [-0.15, -0.1) is 0 Å². The van der Waals surface area contributed by atoms with E-state index in [-0.39, 0.29) is 0 Å². The fourth-order valence-corrected chi connectivity index (χ4v) is 1.57. The topological polar surface area (TPSA) is 47.7 Å². The Bertz CT molecular complexity index is 373. The molecule has 2 N–H and O–H groups in total. The first kappa shape index (κ1) is 10.8. The Balaban J connectivity index is 2.07. The van der Waals surface area contributed by atoms with Crippen molar-refractivity contribution in [2.24, 2.45) is 5.73 Å². The molecule has 0 radical (unpaired) electrons. The Kier molecular flexibility index (Phi) is 3.31. The first-order valence-electron chi connectivity index (χ1n) is 5.27. The third-order valence-electron chi connectivity index (χ3n) is 2.41. The van der Waals surface area contributed by atoms with E-state index < -0.39 is 0 Å². The monoisotopic (exact) mass is 220 g/mol. The molecule has 0 spiro atoms. The zero-order valence-corrected chi connectivity index (χ0v) is 9.35. The first-order valence-corrected chi connectivity index (χ1v) is 5.27. The molecule has 1 aromatic rings. The number of hydrogen-bond acceptors (Lipinski definition) is 4. The van der Waals surface area contributed by atoms with Gasteiger partial charge in [0.05, 0.1) is 5.70 Å². The second-order valence-corrected chi connectivity index (χ2v) is 3.66. The Morgan fingerprint density at radius 3 is 2.69 bits per heavy atom. The minimum absolute atomic E-state index is 0.531. The summed E-state index contributed by atoms with van der Waals surface area (Å²) in [6.45, 7) is 1.69. The van der Waals surface area contributed by atoms with Crippen molar-refractivity contribution in [3.05, 3.63) is 36.1 Å².